The lowest BCUT2D eigenvalue weighted by Crippen LogP contribution is -2.31. The summed E-state index contributed by atoms with van der Waals surface area (Å²) in [6.45, 7) is 0.822. The van der Waals surface area contributed by atoms with Crippen molar-refractivity contribution >= 4 is 11.6 Å². The number of benzene rings is 1. The molecule has 0 spiro atoms. The summed E-state index contributed by atoms with van der Waals surface area (Å²) in [6, 6.07) is 7.26. The van der Waals surface area contributed by atoms with Gasteiger partial charge in [-0.15, -0.1) is 0 Å². The van der Waals surface area contributed by atoms with E-state index in [-0.39, 0.29) is 5.91 Å². The van der Waals surface area contributed by atoms with Crippen molar-refractivity contribution in [3.63, 3.8) is 0 Å². The summed E-state index contributed by atoms with van der Waals surface area (Å²) >= 11 is 0. The van der Waals surface area contributed by atoms with Gasteiger partial charge in [-0.2, -0.15) is 0 Å². The summed E-state index contributed by atoms with van der Waals surface area (Å²) in [4.78, 5) is 12.1. The third-order valence-corrected chi connectivity index (χ3v) is 4.16. The molecular weight excluding hydrogens is 224 g/mol. The van der Waals surface area contributed by atoms with Crippen molar-refractivity contribution < 1.29 is 4.79 Å². The van der Waals surface area contributed by atoms with Gasteiger partial charge in [0.05, 0.1) is 5.56 Å². The molecule has 0 saturated heterocycles. The SMILES string of the molecule is Nc1ccccc1C(=O)NCC(C1CC1)C1CC1. The highest BCUT2D eigenvalue weighted by atomic mass is 16.1. The number of hydrogen-bond acceptors (Lipinski definition) is 2. The van der Waals surface area contributed by atoms with E-state index in [0.29, 0.717) is 17.2 Å². The van der Waals surface area contributed by atoms with Crippen molar-refractivity contribution in [1.29, 1.82) is 0 Å². The fraction of sp³-hybridized carbons (Fsp3) is 0.533. The summed E-state index contributed by atoms with van der Waals surface area (Å²) < 4.78 is 0. The van der Waals surface area contributed by atoms with E-state index in [1.807, 2.05) is 12.1 Å². The number of nitrogen functional groups attached to an aromatic ring is 1. The molecule has 1 aromatic rings. The number of carbonyl (C=O) groups is 1. The van der Waals surface area contributed by atoms with Crippen molar-refractivity contribution in [1.82, 2.24) is 5.32 Å². The van der Waals surface area contributed by atoms with Crippen LogP contribution in [0.5, 0.6) is 0 Å². The molecule has 3 N–H and O–H groups in total. The first-order valence-corrected chi connectivity index (χ1v) is 6.88. The number of anilines is 1. The van der Waals surface area contributed by atoms with Gasteiger partial charge < -0.3 is 11.1 Å². The lowest BCUT2D eigenvalue weighted by Gasteiger charge is -2.16. The lowest BCUT2D eigenvalue weighted by atomic mass is 9.98. The molecule has 3 nitrogen and oxygen atoms in total. The molecule has 1 amide bonds. The number of para-hydroxylation sites is 1. The Morgan fingerprint density at radius 3 is 2.39 bits per heavy atom. The summed E-state index contributed by atoms with van der Waals surface area (Å²) in [6.07, 6.45) is 5.41. The Bertz CT molecular complexity index is 438. The van der Waals surface area contributed by atoms with Gasteiger partial charge in [0.25, 0.3) is 5.91 Å². The van der Waals surface area contributed by atoms with E-state index < -0.39 is 0 Å². The minimum atomic E-state index is -0.0283. The van der Waals surface area contributed by atoms with Crippen LogP contribution in [0.3, 0.4) is 0 Å². The molecule has 0 heterocycles. The first-order chi connectivity index (χ1) is 8.75. The topological polar surface area (TPSA) is 55.1 Å². The molecule has 0 aromatic heterocycles. The quantitative estimate of drug-likeness (QED) is 0.782. The number of nitrogens with two attached hydrogens (primary N) is 1. The summed E-state index contributed by atoms with van der Waals surface area (Å²) in [5, 5.41) is 3.06. The van der Waals surface area contributed by atoms with Crippen LogP contribution in [-0.2, 0) is 0 Å². The van der Waals surface area contributed by atoms with Crippen molar-refractivity contribution in [2.45, 2.75) is 25.7 Å². The van der Waals surface area contributed by atoms with Gasteiger partial charge in [0.15, 0.2) is 0 Å². The first kappa shape index (κ1) is 11.6. The van der Waals surface area contributed by atoms with Gasteiger partial charge in [0, 0.05) is 12.2 Å². The van der Waals surface area contributed by atoms with Gasteiger partial charge in [0.2, 0.25) is 0 Å². The standard InChI is InChI=1S/C15H20N2O/c16-14-4-2-1-3-12(14)15(18)17-9-13(10-5-6-10)11-7-8-11/h1-4,10-11,13H,5-9,16H2,(H,17,18). The van der Waals surface area contributed by atoms with Crippen molar-refractivity contribution in [2.75, 3.05) is 12.3 Å². The van der Waals surface area contributed by atoms with Crippen LogP contribution in [0.25, 0.3) is 0 Å². The zero-order chi connectivity index (χ0) is 12.5. The normalized spacial score (nSPS) is 18.9. The number of hydrogen-bond donors (Lipinski definition) is 2. The molecule has 2 fully saturated rings. The Balaban J connectivity index is 1.59. The van der Waals surface area contributed by atoms with Crippen molar-refractivity contribution in [3.8, 4) is 0 Å². The van der Waals surface area contributed by atoms with Crippen LogP contribution in [0.4, 0.5) is 5.69 Å². The molecule has 2 aliphatic carbocycles. The predicted octanol–water partition coefficient (Wildman–Crippen LogP) is 2.43. The monoisotopic (exact) mass is 244 g/mol. The average molecular weight is 244 g/mol. The second-order valence-corrected chi connectivity index (χ2v) is 5.64. The fourth-order valence-corrected chi connectivity index (χ4v) is 2.78. The maximum absolute atomic E-state index is 12.1. The van der Waals surface area contributed by atoms with E-state index in [0.717, 1.165) is 18.4 Å². The molecule has 2 saturated carbocycles. The van der Waals surface area contributed by atoms with Gasteiger partial charge in [-0.25, -0.2) is 0 Å². The molecule has 0 aliphatic heterocycles. The molecule has 3 rings (SSSR count). The van der Waals surface area contributed by atoms with E-state index in [1.54, 1.807) is 12.1 Å². The molecule has 0 bridgehead atoms. The number of nitrogens with one attached hydrogen (secondary N) is 1. The Hall–Kier alpha value is -1.51. The lowest BCUT2D eigenvalue weighted by molar-refractivity contribution is 0.0944. The van der Waals surface area contributed by atoms with Gasteiger partial charge in [-0.3, -0.25) is 4.79 Å². The highest BCUT2D eigenvalue weighted by Crippen LogP contribution is 2.48. The minimum absolute atomic E-state index is 0.0283. The van der Waals surface area contributed by atoms with Crippen molar-refractivity contribution in [3.05, 3.63) is 29.8 Å². The van der Waals surface area contributed by atoms with E-state index in [1.165, 1.54) is 25.7 Å². The maximum Gasteiger partial charge on any atom is 0.253 e. The Labute approximate surface area is 108 Å². The smallest absolute Gasteiger partial charge is 0.253 e. The zero-order valence-electron chi connectivity index (χ0n) is 10.6. The molecular formula is C15H20N2O. The third kappa shape index (κ3) is 2.50. The van der Waals surface area contributed by atoms with Gasteiger partial charge >= 0.3 is 0 Å². The van der Waals surface area contributed by atoms with Crippen LogP contribution in [0.15, 0.2) is 24.3 Å². The third-order valence-electron chi connectivity index (χ3n) is 4.16. The molecule has 1 aromatic carbocycles. The molecule has 96 valence electrons. The van der Waals surface area contributed by atoms with Crippen molar-refractivity contribution in [2.24, 2.45) is 17.8 Å². The summed E-state index contributed by atoms with van der Waals surface area (Å²) in [5.41, 5.74) is 6.97. The zero-order valence-corrected chi connectivity index (χ0v) is 10.6. The molecule has 2 aliphatic rings. The minimum Gasteiger partial charge on any atom is -0.398 e. The van der Waals surface area contributed by atoms with Crippen LogP contribution in [0.2, 0.25) is 0 Å². The van der Waals surface area contributed by atoms with Crippen LogP contribution < -0.4 is 11.1 Å². The van der Waals surface area contributed by atoms with E-state index in [9.17, 15) is 4.79 Å². The first-order valence-electron chi connectivity index (χ1n) is 6.88. The van der Waals surface area contributed by atoms with E-state index in [2.05, 4.69) is 5.32 Å². The Morgan fingerprint density at radius 1 is 1.22 bits per heavy atom. The fourth-order valence-electron chi connectivity index (χ4n) is 2.78. The second kappa shape index (κ2) is 4.63. The van der Waals surface area contributed by atoms with Crippen LogP contribution >= 0.6 is 0 Å². The Kier molecular flexibility index (Phi) is 2.98. The molecule has 0 unspecified atom stereocenters. The van der Waals surface area contributed by atoms with Gasteiger partial charge in [-0.05, 0) is 55.6 Å². The number of carbonyl (C=O) groups excluding carboxylic acids is 1. The Morgan fingerprint density at radius 2 is 1.83 bits per heavy atom. The van der Waals surface area contributed by atoms with Gasteiger partial charge in [0.1, 0.15) is 0 Å². The highest BCUT2D eigenvalue weighted by molar-refractivity contribution is 5.99. The van der Waals surface area contributed by atoms with Crippen LogP contribution in [-0.4, -0.2) is 12.5 Å². The molecule has 0 radical (unpaired) electrons. The largest absolute Gasteiger partial charge is 0.398 e. The number of rotatable bonds is 5. The predicted molar refractivity (Wildman–Crippen MR) is 72.1 cm³/mol. The van der Waals surface area contributed by atoms with Crippen LogP contribution in [0.1, 0.15) is 36.0 Å². The molecule has 18 heavy (non-hydrogen) atoms. The van der Waals surface area contributed by atoms with E-state index in [4.69, 9.17) is 5.73 Å². The maximum atomic E-state index is 12.1. The number of amides is 1. The molecule has 3 heteroatoms. The summed E-state index contributed by atoms with van der Waals surface area (Å²) in [7, 11) is 0. The van der Waals surface area contributed by atoms with Gasteiger partial charge in [-0.1, -0.05) is 12.1 Å². The summed E-state index contributed by atoms with van der Waals surface area (Å²) in [5.74, 6) is 2.41. The van der Waals surface area contributed by atoms with E-state index >= 15 is 0 Å². The average Bonchev–Trinajstić information content (AvgIpc) is 3.24. The second-order valence-electron chi connectivity index (χ2n) is 5.64. The van der Waals surface area contributed by atoms with Crippen LogP contribution in [0, 0.1) is 17.8 Å². The molecule has 0 atom stereocenters. The highest BCUT2D eigenvalue weighted by Gasteiger charge is 2.41.